The number of hydrogen-bond acceptors (Lipinski definition) is 3. The molecular formula is C20H21FN4O. The van der Waals surface area contributed by atoms with Crippen LogP contribution in [-0.4, -0.2) is 20.7 Å². The Kier molecular flexibility index (Phi) is 4.59. The average Bonchev–Trinajstić information content (AvgIpc) is 2.99. The number of rotatable bonds is 3. The second kappa shape index (κ2) is 6.71. The molecule has 0 unspecified atom stereocenters. The number of halogens is 1. The minimum absolute atomic E-state index is 0.202. The number of benzene rings is 1. The van der Waals surface area contributed by atoms with Crippen LogP contribution < -0.4 is 5.32 Å². The van der Waals surface area contributed by atoms with Gasteiger partial charge in [-0.25, -0.2) is 14.1 Å². The number of nitrogens with zero attached hydrogens (tertiary/aromatic N) is 3. The number of amides is 1. The lowest BCUT2D eigenvalue weighted by atomic mass is 9.92. The van der Waals surface area contributed by atoms with E-state index in [0.29, 0.717) is 17.2 Å². The van der Waals surface area contributed by atoms with Gasteiger partial charge >= 0.3 is 0 Å². The van der Waals surface area contributed by atoms with E-state index in [1.54, 1.807) is 28.9 Å². The third-order valence-corrected chi connectivity index (χ3v) is 3.91. The number of aryl methyl sites for hydroxylation is 1. The predicted molar refractivity (Wildman–Crippen MR) is 99.1 cm³/mol. The molecule has 0 fully saturated rings. The first-order valence-electron chi connectivity index (χ1n) is 8.35. The molecule has 1 aromatic carbocycles. The topological polar surface area (TPSA) is 59.8 Å². The number of aromatic nitrogens is 3. The number of hydrogen-bond donors (Lipinski definition) is 1. The third-order valence-electron chi connectivity index (χ3n) is 3.91. The molecule has 0 radical (unpaired) electrons. The van der Waals surface area contributed by atoms with Crippen LogP contribution in [-0.2, 0) is 5.41 Å². The Morgan fingerprint density at radius 3 is 2.42 bits per heavy atom. The molecule has 0 bridgehead atoms. The fourth-order valence-corrected chi connectivity index (χ4v) is 2.47. The molecule has 134 valence electrons. The zero-order valence-corrected chi connectivity index (χ0v) is 15.2. The number of carbonyl (C=O) groups excluding carboxylic acids is 1. The summed E-state index contributed by atoms with van der Waals surface area (Å²) in [6, 6.07) is 13.1. The zero-order valence-electron chi connectivity index (χ0n) is 15.2. The first kappa shape index (κ1) is 17.8. The Labute approximate surface area is 151 Å². The van der Waals surface area contributed by atoms with Crippen LogP contribution in [0.3, 0.4) is 0 Å². The fourth-order valence-electron chi connectivity index (χ4n) is 2.47. The highest BCUT2D eigenvalue weighted by atomic mass is 19.1. The van der Waals surface area contributed by atoms with Gasteiger partial charge in [0.15, 0.2) is 0 Å². The van der Waals surface area contributed by atoms with Crippen LogP contribution in [0.5, 0.6) is 0 Å². The molecule has 0 atom stereocenters. The van der Waals surface area contributed by atoms with Crippen molar-refractivity contribution >= 4 is 11.7 Å². The molecule has 1 N–H and O–H groups in total. The maximum atomic E-state index is 13.3. The molecule has 0 aliphatic heterocycles. The highest BCUT2D eigenvalue weighted by molar-refractivity contribution is 6.02. The normalized spacial score (nSPS) is 11.4. The quantitative estimate of drug-likeness (QED) is 0.766. The van der Waals surface area contributed by atoms with Crippen LogP contribution in [0.1, 0.15) is 42.6 Å². The monoisotopic (exact) mass is 352 g/mol. The van der Waals surface area contributed by atoms with Crippen molar-refractivity contribution in [3.63, 3.8) is 0 Å². The van der Waals surface area contributed by atoms with Gasteiger partial charge in [-0.1, -0.05) is 26.8 Å². The largest absolute Gasteiger partial charge is 0.305 e. The summed E-state index contributed by atoms with van der Waals surface area (Å²) in [5.41, 5.74) is 2.37. The number of nitrogens with one attached hydrogen (secondary N) is 1. The molecule has 2 aromatic heterocycles. The summed E-state index contributed by atoms with van der Waals surface area (Å²) in [6.07, 6.45) is 0. The van der Waals surface area contributed by atoms with Gasteiger partial charge in [0.05, 0.1) is 11.4 Å². The van der Waals surface area contributed by atoms with Gasteiger partial charge in [-0.15, -0.1) is 0 Å². The van der Waals surface area contributed by atoms with Gasteiger partial charge in [0.25, 0.3) is 5.91 Å². The molecule has 0 saturated carbocycles. The van der Waals surface area contributed by atoms with Gasteiger partial charge < -0.3 is 5.32 Å². The molecule has 0 aliphatic carbocycles. The fraction of sp³-hybridized carbons (Fsp3) is 0.250. The Balaban J connectivity index is 2.00. The molecule has 26 heavy (non-hydrogen) atoms. The van der Waals surface area contributed by atoms with Crippen LogP contribution in [0, 0.1) is 12.7 Å². The second-order valence-electron chi connectivity index (χ2n) is 7.17. The van der Waals surface area contributed by atoms with E-state index < -0.39 is 0 Å². The Bertz CT molecular complexity index is 939. The van der Waals surface area contributed by atoms with E-state index in [2.05, 4.69) is 15.4 Å². The molecule has 1 amide bonds. The maximum Gasteiger partial charge on any atom is 0.275 e. The van der Waals surface area contributed by atoms with Gasteiger partial charge in [-0.2, -0.15) is 5.10 Å². The molecule has 0 saturated heterocycles. The van der Waals surface area contributed by atoms with E-state index in [-0.39, 0.29) is 17.1 Å². The summed E-state index contributed by atoms with van der Waals surface area (Å²) in [4.78, 5) is 16.8. The predicted octanol–water partition coefficient (Wildman–Crippen LogP) is 4.26. The zero-order chi connectivity index (χ0) is 18.9. The maximum absolute atomic E-state index is 13.3. The summed E-state index contributed by atoms with van der Waals surface area (Å²) in [6.45, 7) is 7.95. The van der Waals surface area contributed by atoms with E-state index in [9.17, 15) is 9.18 Å². The van der Waals surface area contributed by atoms with Crippen molar-refractivity contribution in [2.24, 2.45) is 0 Å². The van der Waals surface area contributed by atoms with Crippen molar-refractivity contribution in [3.05, 3.63) is 71.4 Å². The summed E-state index contributed by atoms with van der Waals surface area (Å²) >= 11 is 0. The minimum atomic E-state index is -0.327. The van der Waals surface area contributed by atoms with E-state index in [1.165, 1.54) is 12.1 Å². The number of carbonyl (C=O) groups is 1. The van der Waals surface area contributed by atoms with E-state index in [4.69, 9.17) is 0 Å². The lowest BCUT2D eigenvalue weighted by Crippen LogP contribution is -2.16. The summed E-state index contributed by atoms with van der Waals surface area (Å²) in [5.74, 6) is -0.140. The highest BCUT2D eigenvalue weighted by Crippen LogP contribution is 2.26. The van der Waals surface area contributed by atoms with Gasteiger partial charge in [-0.3, -0.25) is 4.79 Å². The Morgan fingerprint density at radius 1 is 1.12 bits per heavy atom. The van der Waals surface area contributed by atoms with Gasteiger partial charge in [-0.05, 0) is 43.3 Å². The molecule has 0 aliphatic rings. The summed E-state index contributed by atoms with van der Waals surface area (Å²) < 4.78 is 14.9. The van der Waals surface area contributed by atoms with Crippen molar-refractivity contribution < 1.29 is 9.18 Å². The van der Waals surface area contributed by atoms with Gasteiger partial charge in [0.1, 0.15) is 17.3 Å². The standard InChI is InChI=1S/C20H21FN4O/c1-13-6-5-7-16(22-13)19(26)23-18-12-17(20(2,3)4)24-25(18)15-10-8-14(21)9-11-15/h5-12H,1-4H3,(H,23,26). The molecule has 0 spiro atoms. The molecule has 6 heteroatoms. The van der Waals surface area contributed by atoms with Crippen molar-refractivity contribution in [2.75, 3.05) is 5.32 Å². The van der Waals surface area contributed by atoms with E-state index >= 15 is 0 Å². The minimum Gasteiger partial charge on any atom is -0.305 e. The van der Waals surface area contributed by atoms with E-state index in [0.717, 1.165) is 11.4 Å². The Hall–Kier alpha value is -3.02. The first-order valence-corrected chi connectivity index (χ1v) is 8.35. The number of anilines is 1. The average molecular weight is 352 g/mol. The lowest BCUT2D eigenvalue weighted by molar-refractivity contribution is 0.102. The summed E-state index contributed by atoms with van der Waals surface area (Å²) in [7, 11) is 0. The molecule has 3 aromatic rings. The van der Waals surface area contributed by atoms with Crippen molar-refractivity contribution in [1.82, 2.24) is 14.8 Å². The SMILES string of the molecule is Cc1cccc(C(=O)Nc2cc(C(C)(C)C)nn2-c2ccc(F)cc2)n1. The van der Waals surface area contributed by atoms with Gasteiger partial charge in [0.2, 0.25) is 0 Å². The molecule has 5 nitrogen and oxygen atoms in total. The van der Waals surface area contributed by atoms with Crippen LogP contribution >= 0.6 is 0 Å². The van der Waals surface area contributed by atoms with Crippen LogP contribution in [0.25, 0.3) is 5.69 Å². The molecular weight excluding hydrogens is 331 g/mol. The first-order chi connectivity index (χ1) is 12.2. The van der Waals surface area contributed by atoms with Crippen molar-refractivity contribution in [1.29, 1.82) is 0 Å². The molecule has 2 heterocycles. The van der Waals surface area contributed by atoms with Crippen molar-refractivity contribution in [3.8, 4) is 5.69 Å². The van der Waals surface area contributed by atoms with Crippen molar-refractivity contribution in [2.45, 2.75) is 33.1 Å². The Morgan fingerprint density at radius 2 is 1.81 bits per heavy atom. The summed E-state index contributed by atoms with van der Waals surface area (Å²) in [5, 5.41) is 7.47. The van der Waals surface area contributed by atoms with Crippen LogP contribution in [0.15, 0.2) is 48.5 Å². The van der Waals surface area contributed by atoms with Gasteiger partial charge in [0, 0.05) is 17.2 Å². The smallest absolute Gasteiger partial charge is 0.275 e. The van der Waals surface area contributed by atoms with Crippen LogP contribution in [0.2, 0.25) is 0 Å². The second-order valence-corrected chi connectivity index (χ2v) is 7.17. The number of pyridine rings is 1. The third kappa shape index (κ3) is 3.79. The highest BCUT2D eigenvalue weighted by Gasteiger charge is 2.22. The van der Waals surface area contributed by atoms with E-state index in [1.807, 2.05) is 39.8 Å². The van der Waals surface area contributed by atoms with Crippen LogP contribution in [0.4, 0.5) is 10.2 Å². The lowest BCUT2D eigenvalue weighted by Gasteiger charge is -2.14. The molecule has 3 rings (SSSR count).